The van der Waals surface area contributed by atoms with Crippen molar-refractivity contribution in [3.8, 4) is 17.3 Å². The molecule has 1 saturated heterocycles. The van der Waals surface area contributed by atoms with Gasteiger partial charge in [-0.1, -0.05) is 0 Å². The quantitative estimate of drug-likeness (QED) is 0.374. The van der Waals surface area contributed by atoms with Crippen LogP contribution in [0.15, 0.2) is 34.4 Å². The second-order valence-electron chi connectivity index (χ2n) is 8.34. The number of hydrogen-bond donors (Lipinski definition) is 2. The van der Waals surface area contributed by atoms with Crippen molar-refractivity contribution >= 4 is 45.5 Å². The number of amides is 1. The lowest BCUT2D eigenvalue weighted by Gasteiger charge is -2.28. The highest BCUT2D eigenvalue weighted by Crippen LogP contribution is 2.35. The van der Waals surface area contributed by atoms with Gasteiger partial charge in [-0.15, -0.1) is 11.3 Å². The molecular weight excluding hydrogens is 484 g/mol. The molecule has 0 spiro atoms. The molecule has 188 valence electrons. The number of thiophene rings is 1. The summed E-state index contributed by atoms with van der Waals surface area (Å²) in [6, 6.07) is 5.77. The van der Waals surface area contributed by atoms with Gasteiger partial charge in [0.25, 0.3) is 5.91 Å². The number of morpholine rings is 1. The van der Waals surface area contributed by atoms with Crippen LogP contribution in [0, 0.1) is 5.92 Å². The maximum absolute atomic E-state index is 11.6. The van der Waals surface area contributed by atoms with Crippen molar-refractivity contribution in [2.24, 2.45) is 15.9 Å². The summed E-state index contributed by atoms with van der Waals surface area (Å²) in [5.74, 6) is 1.45. The van der Waals surface area contributed by atoms with E-state index in [1.54, 1.807) is 36.2 Å². The number of hydrogen-bond acceptors (Lipinski definition) is 12. The highest BCUT2D eigenvalue weighted by atomic mass is 32.1. The summed E-state index contributed by atoms with van der Waals surface area (Å²) < 4.78 is 11.7. The monoisotopic (exact) mass is 510 g/mol. The number of rotatable bonds is 6. The zero-order valence-electron chi connectivity index (χ0n) is 19.9. The third-order valence-corrected chi connectivity index (χ3v) is 7.00. The molecule has 0 aromatic carbocycles. The van der Waals surface area contributed by atoms with E-state index in [-0.39, 0.29) is 6.54 Å². The van der Waals surface area contributed by atoms with Crippen molar-refractivity contribution in [1.82, 2.24) is 25.3 Å². The Labute approximate surface area is 211 Å². The van der Waals surface area contributed by atoms with Crippen LogP contribution in [0.5, 0.6) is 5.88 Å². The summed E-state index contributed by atoms with van der Waals surface area (Å²) in [7, 11) is 3.48. The topological polar surface area (TPSA) is 138 Å². The van der Waals surface area contributed by atoms with Gasteiger partial charge < -0.3 is 19.3 Å². The Hall–Kier alpha value is -3.68. The molecule has 2 aliphatic heterocycles. The van der Waals surface area contributed by atoms with Crippen LogP contribution in [0.25, 0.3) is 21.6 Å². The van der Waals surface area contributed by atoms with Crippen molar-refractivity contribution < 1.29 is 19.5 Å². The zero-order valence-corrected chi connectivity index (χ0v) is 20.7. The third-order valence-electron chi connectivity index (χ3n) is 5.90. The number of hydroxylamine groups is 1. The second kappa shape index (κ2) is 10.5. The Morgan fingerprint density at radius 2 is 2.17 bits per heavy atom. The van der Waals surface area contributed by atoms with Crippen molar-refractivity contribution in [2.75, 3.05) is 51.9 Å². The fourth-order valence-electron chi connectivity index (χ4n) is 3.98. The molecule has 5 heterocycles. The fourth-order valence-corrected chi connectivity index (χ4v) is 5.14. The van der Waals surface area contributed by atoms with E-state index in [1.807, 2.05) is 18.0 Å². The van der Waals surface area contributed by atoms with Crippen molar-refractivity contribution in [1.29, 1.82) is 0 Å². The number of pyridine rings is 1. The molecule has 2 aliphatic rings. The van der Waals surface area contributed by atoms with E-state index in [4.69, 9.17) is 24.6 Å². The van der Waals surface area contributed by atoms with Crippen LogP contribution < -0.4 is 15.1 Å². The van der Waals surface area contributed by atoms with Gasteiger partial charge in [0, 0.05) is 49.1 Å². The molecule has 2 N–H and O–H groups in total. The largest absolute Gasteiger partial charge is 0.481 e. The van der Waals surface area contributed by atoms with E-state index >= 15 is 0 Å². The van der Waals surface area contributed by atoms with Gasteiger partial charge in [0.05, 0.1) is 49.5 Å². The van der Waals surface area contributed by atoms with Gasteiger partial charge in [0.1, 0.15) is 0 Å². The Bertz CT molecular complexity index is 1300. The maximum atomic E-state index is 11.6. The average Bonchev–Trinajstić information content (AvgIpc) is 3.35. The molecule has 12 nitrogen and oxygen atoms in total. The normalized spacial score (nSPS) is 17.7. The minimum Gasteiger partial charge on any atom is -0.481 e. The summed E-state index contributed by atoms with van der Waals surface area (Å²) in [5, 5.41) is 8.81. The summed E-state index contributed by atoms with van der Waals surface area (Å²) in [6.07, 6.45) is 3.22. The number of carbonyl (C=O) groups excluding carboxylic acids is 1. The minimum atomic E-state index is -0.575. The molecule has 0 saturated carbocycles. The van der Waals surface area contributed by atoms with Gasteiger partial charge in [0.15, 0.2) is 11.6 Å². The predicted octanol–water partition coefficient (Wildman–Crippen LogP) is 1.59. The van der Waals surface area contributed by atoms with E-state index in [1.165, 1.54) is 6.21 Å². The lowest BCUT2D eigenvalue weighted by atomic mass is 10.1. The van der Waals surface area contributed by atoms with Crippen LogP contribution >= 0.6 is 11.3 Å². The molecule has 1 atom stereocenters. The standard InChI is InChI=1S/C23H26N8O4S/c1-30(23-25-11-15(12-26-23)22(32)29-33)13-16-9-17-19(36-16)21(31-5-7-35-8-6-31)28-20(27-17)14-3-4-18(34-2)24-10-14/h3-4,9-11,15,33H,5-8,12-13H2,1-2H3,(H,29,32). The number of aliphatic imine (C=N–C) groups is 2. The van der Waals surface area contributed by atoms with E-state index in [9.17, 15) is 4.79 Å². The maximum Gasteiger partial charge on any atom is 0.253 e. The first-order valence-electron chi connectivity index (χ1n) is 11.4. The number of anilines is 1. The van der Waals surface area contributed by atoms with Gasteiger partial charge in [-0.25, -0.2) is 30.4 Å². The number of nitrogens with zero attached hydrogens (tertiary/aromatic N) is 7. The molecule has 0 aliphatic carbocycles. The lowest BCUT2D eigenvalue weighted by molar-refractivity contribution is -0.130. The molecule has 1 unspecified atom stereocenters. The molecular formula is C23H26N8O4S. The summed E-state index contributed by atoms with van der Waals surface area (Å²) >= 11 is 1.64. The van der Waals surface area contributed by atoms with E-state index < -0.39 is 11.8 Å². The van der Waals surface area contributed by atoms with Gasteiger partial charge in [0.2, 0.25) is 11.8 Å². The molecule has 3 aromatic heterocycles. The van der Waals surface area contributed by atoms with Crippen LogP contribution in [0.1, 0.15) is 4.88 Å². The van der Waals surface area contributed by atoms with Gasteiger partial charge in [-0.05, 0) is 12.1 Å². The number of ether oxygens (including phenoxy) is 2. The molecule has 1 amide bonds. The molecule has 3 aromatic rings. The van der Waals surface area contributed by atoms with Crippen LogP contribution in [0.4, 0.5) is 5.82 Å². The van der Waals surface area contributed by atoms with E-state index in [0.29, 0.717) is 37.4 Å². The smallest absolute Gasteiger partial charge is 0.253 e. The van der Waals surface area contributed by atoms with Crippen LogP contribution in [-0.4, -0.2) is 90.1 Å². The average molecular weight is 511 g/mol. The lowest BCUT2D eigenvalue weighted by Crippen LogP contribution is -2.36. The zero-order chi connectivity index (χ0) is 25.1. The molecule has 5 rings (SSSR count). The van der Waals surface area contributed by atoms with Gasteiger partial charge in [-0.3, -0.25) is 10.0 Å². The first-order valence-corrected chi connectivity index (χ1v) is 12.2. The molecule has 36 heavy (non-hydrogen) atoms. The minimum absolute atomic E-state index is 0.230. The van der Waals surface area contributed by atoms with Crippen molar-refractivity contribution in [2.45, 2.75) is 6.54 Å². The highest BCUT2D eigenvalue weighted by molar-refractivity contribution is 7.19. The summed E-state index contributed by atoms with van der Waals surface area (Å²) in [5.41, 5.74) is 3.31. The van der Waals surface area contributed by atoms with Gasteiger partial charge in [-0.2, -0.15) is 0 Å². The van der Waals surface area contributed by atoms with E-state index in [2.05, 4.69) is 25.9 Å². The Kier molecular flexibility index (Phi) is 7.02. The van der Waals surface area contributed by atoms with Crippen molar-refractivity contribution in [3.63, 3.8) is 0 Å². The Morgan fingerprint density at radius 1 is 1.33 bits per heavy atom. The number of guanidine groups is 1. The first kappa shape index (κ1) is 24.0. The molecule has 0 bridgehead atoms. The molecule has 0 radical (unpaired) electrons. The SMILES string of the molecule is COc1ccc(-c2nc(N3CCOCC3)c3sc(CN(C)C4=NCC(C(=O)NO)C=N4)cc3n2)cn1. The van der Waals surface area contributed by atoms with Crippen molar-refractivity contribution in [3.05, 3.63) is 29.3 Å². The highest BCUT2D eigenvalue weighted by Gasteiger charge is 2.23. The summed E-state index contributed by atoms with van der Waals surface area (Å²) in [4.78, 5) is 39.6. The van der Waals surface area contributed by atoms with Crippen LogP contribution in [-0.2, 0) is 16.1 Å². The molecule has 13 heteroatoms. The Morgan fingerprint density at radius 3 is 2.83 bits per heavy atom. The van der Waals surface area contributed by atoms with E-state index in [0.717, 1.165) is 39.6 Å². The number of aromatic nitrogens is 3. The van der Waals surface area contributed by atoms with Crippen LogP contribution in [0.2, 0.25) is 0 Å². The fraction of sp³-hybridized carbons (Fsp3) is 0.391. The van der Waals surface area contributed by atoms with Crippen LogP contribution in [0.3, 0.4) is 0 Å². The predicted molar refractivity (Wildman–Crippen MR) is 136 cm³/mol. The number of nitrogens with one attached hydrogen (secondary N) is 1. The first-order chi connectivity index (χ1) is 17.6. The number of fused-ring (bicyclic) bond motifs is 1. The van der Waals surface area contributed by atoms with Gasteiger partial charge >= 0.3 is 0 Å². The Balaban J connectivity index is 1.44. The third kappa shape index (κ3) is 4.98. The second-order valence-corrected chi connectivity index (χ2v) is 9.48. The number of carbonyl (C=O) groups is 1. The summed E-state index contributed by atoms with van der Waals surface area (Å²) in [6.45, 7) is 3.61. The molecule has 1 fully saturated rings. The number of methoxy groups -OCH3 is 1.